The maximum atomic E-state index is 11.8. The van der Waals surface area contributed by atoms with Crippen LogP contribution in [0.3, 0.4) is 0 Å². The number of aliphatic hydroxyl groups excluding tert-OH is 2. The van der Waals surface area contributed by atoms with Crippen LogP contribution in [-0.2, 0) is 9.53 Å². The van der Waals surface area contributed by atoms with Crippen molar-refractivity contribution in [3.63, 3.8) is 0 Å². The molecular formula is C39H74O4. The fourth-order valence-electron chi connectivity index (χ4n) is 7.20. The van der Waals surface area contributed by atoms with Crippen molar-refractivity contribution in [3.05, 3.63) is 24.3 Å². The Kier molecular flexibility index (Phi) is 19.8. The average Bonchev–Trinajstić information content (AvgIpc) is 2.96. The highest BCUT2D eigenvalue weighted by molar-refractivity contribution is 5.79. The Balaban J connectivity index is 5.48. The molecule has 0 spiro atoms. The summed E-state index contributed by atoms with van der Waals surface area (Å²) in [5, 5.41) is 22.6. The van der Waals surface area contributed by atoms with Crippen molar-refractivity contribution < 1.29 is 19.7 Å². The summed E-state index contributed by atoms with van der Waals surface area (Å²) in [5.41, 5.74) is 1.28. The Hall–Kier alpha value is -0.970. The van der Waals surface area contributed by atoms with Crippen molar-refractivity contribution in [2.24, 2.45) is 58.7 Å². The number of aliphatic hydroxyl groups is 2. The van der Waals surface area contributed by atoms with Crippen molar-refractivity contribution in [2.45, 2.75) is 153 Å². The molecule has 43 heavy (non-hydrogen) atoms. The molecule has 0 aliphatic heterocycles. The third-order valence-corrected chi connectivity index (χ3v) is 11.3. The molecule has 0 fully saturated rings. The summed E-state index contributed by atoms with van der Waals surface area (Å²) >= 11 is 0. The fraction of sp³-hybridized carbons (Fsp3) is 0.872. The summed E-state index contributed by atoms with van der Waals surface area (Å²) in [5.74, 6) is 2.67. The van der Waals surface area contributed by atoms with Crippen molar-refractivity contribution >= 4 is 5.78 Å². The molecule has 0 aliphatic carbocycles. The van der Waals surface area contributed by atoms with Gasteiger partial charge in [0.1, 0.15) is 5.78 Å². The van der Waals surface area contributed by atoms with Gasteiger partial charge in [0.2, 0.25) is 0 Å². The second-order valence-corrected chi connectivity index (χ2v) is 15.5. The van der Waals surface area contributed by atoms with Gasteiger partial charge in [-0.05, 0) is 80.0 Å². The highest BCUT2D eigenvalue weighted by Crippen LogP contribution is 2.41. The molecule has 0 aliphatic rings. The van der Waals surface area contributed by atoms with Gasteiger partial charge in [-0.25, -0.2) is 0 Å². The minimum atomic E-state index is -0.455. The van der Waals surface area contributed by atoms with E-state index in [1.165, 1.54) is 5.57 Å². The van der Waals surface area contributed by atoms with Crippen molar-refractivity contribution in [1.82, 2.24) is 0 Å². The van der Waals surface area contributed by atoms with Crippen molar-refractivity contribution in [2.75, 3.05) is 7.11 Å². The molecule has 254 valence electrons. The second-order valence-electron chi connectivity index (χ2n) is 15.5. The van der Waals surface area contributed by atoms with E-state index in [-0.39, 0.29) is 53.0 Å². The molecule has 4 nitrogen and oxygen atoms in total. The number of methoxy groups -OCH3 is 1. The Morgan fingerprint density at radius 3 is 1.91 bits per heavy atom. The van der Waals surface area contributed by atoms with E-state index in [1.54, 1.807) is 14.0 Å². The summed E-state index contributed by atoms with van der Waals surface area (Å²) in [7, 11) is 1.80. The molecule has 0 saturated carbocycles. The predicted molar refractivity (Wildman–Crippen MR) is 186 cm³/mol. The monoisotopic (exact) mass is 607 g/mol. The molecule has 0 saturated heterocycles. The van der Waals surface area contributed by atoms with E-state index in [0.29, 0.717) is 23.7 Å². The minimum absolute atomic E-state index is 0.0115. The molecule has 0 aromatic rings. The first-order valence-electron chi connectivity index (χ1n) is 17.6. The second kappa shape index (κ2) is 20.2. The molecular weight excluding hydrogens is 532 g/mol. The van der Waals surface area contributed by atoms with Gasteiger partial charge < -0.3 is 14.9 Å². The molecule has 0 aromatic carbocycles. The summed E-state index contributed by atoms with van der Waals surface area (Å²) in [4.78, 5) is 11.8. The standard InChI is InChI=1S/C39H74O4/c1-16-25(4)37(41)28(7)23-33(17-2)24-35(39(12,13)14)38(42)31(10)36(43-15)21-19-20-34(18-3)30(9)29(8)26(5)22-27(6)32(11)40/h16,22,25,27-31,33-38,41-42H,1,17-21,23-24H2,2-15H3. The smallest absolute Gasteiger partial charge is 0.136 e. The van der Waals surface area contributed by atoms with Gasteiger partial charge in [0, 0.05) is 18.9 Å². The normalized spacial score (nSPS) is 21.4. The fourth-order valence-corrected chi connectivity index (χ4v) is 7.20. The lowest BCUT2D eigenvalue weighted by Crippen LogP contribution is -2.42. The molecule has 12 unspecified atom stereocenters. The summed E-state index contributed by atoms with van der Waals surface area (Å²) in [6.45, 7) is 32.0. The maximum absolute atomic E-state index is 11.8. The number of allylic oxidation sites excluding steroid dienone is 2. The van der Waals surface area contributed by atoms with Gasteiger partial charge in [-0.15, -0.1) is 6.58 Å². The largest absolute Gasteiger partial charge is 0.392 e. The number of carbonyl (C=O) groups is 1. The van der Waals surface area contributed by atoms with Crippen LogP contribution < -0.4 is 0 Å². The van der Waals surface area contributed by atoms with Crippen LogP contribution in [0.15, 0.2) is 24.3 Å². The summed E-state index contributed by atoms with van der Waals surface area (Å²) < 4.78 is 6.05. The van der Waals surface area contributed by atoms with E-state index < -0.39 is 6.10 Å². The Morgan fingerprint density at radius 2 is 1.47 bits per heavy atom. The highest BCUT2D eigenvalue weighted by Gasteiger charge is 2.38. The molecule has 0 bridgehead atoms. The van der Waals surface area contributed by atoms with Gasteiger partial charge in [0.15, 0.2) is 0 Å². The quantitative estimate of drug-likeness (QED) is 0.120. The lowest BCUT2D eigenvalue weighted by Gasteiger charge is -2.41. The Morgan fingerprint density at radius 1 is 0.884 bits per heavy atom. The zero-order chi connectivity index (χ0) is 33.7. The van der Waals surface area contributed by atoms with Crippen molar-refractivity contribution in [3.8, 4) is 0 Å². The van der Waals surface area contributed by atoms with Crippen LogP contribution in [0.5, 0.6) is 0 Å². The number of ketones is 1. The van der Waals surface area contributed by atoms with Crippen molar-refractivity contribution in [1.29, 1.82) is 0 Å². The third-order valence-electron chi connectivity index (χ3n) is 11.3. The number of ether oxygens (including phenoxy) is 1. The average molecular weight is 607 g/mol. The van der Waals surface area contributed by atoms with E-state index in [0.717, 1.165) is 44.9 Å². The zero-order valence-corrected chi connectivity index (χ0v) is 31.0. The first kappa shape index (κ1) is 42.0. The van der Waals surface area contributed by atoms with Gasteiger partial charge in [-0.3, -0.25) is 4.79 Å². The first-order chi connectivity index (χ1) is 19.9. The number of hydrogen-bond donors (Lipinski definition) is 2. The number of Topliss-reactive ketones (excluding diaryl/α,β-unsaturated/α-hetero) is 1. The van der Waals surface area contributed by atoms with E-state index in [1.807, 2.05) is 19.9 Å². The number of carbonyl (C=O) groups excluding carboxylic acids is 1. The van der Waals surface area contributed by atoms with Gasteiger partial charge in [-0.1, -0.05) is 120 Å². The zero-order valence-electron chi connectivity index (χ0n) is 31.0. The molecule has 0 heterocycles. The van der Waals surface area contributed by atoms with Crippen LogP contribution in [-0.4, -0.2) is 41.4 Å². The number of rotatable bonds is 22. The van der Waals surface area contributed by atoms with Crippen LogP contribution >= 0.6 is 0 Å². The van der Waals surface area contributed by atoms with E-state index in [9.17, 15) is 15.0 Å². The predicted octanol–water partition coefficient (Wildman–Crippen LogP) is 9.93. The molecule has 2 N–H and O–H groups in total. The molecule has 0 aromatic heterocycles. The molecule has 0 rings (SSSR count). The third kappa shape index (κ3) is 13.9. The molecule has 0 amide bonds. The van der Waals surface area contributed by atoms with Crippen LogP contribution in [0.2, 0.25) is 0 Å². The van der Waals surface area contributed by atoms with Gasteiger partial charge in [-0.2, -0.15) is 0 Å². The Labute approximate surface area is 268 Å². The number of hydrogen-bond acceptors (Lipinski definition) is 4. The SMILES string of the molecule is C=CC(C)C(O)C(C)CC(CC)CC(C(O)C(C)C(CCCC(CC)C(C)C(C)C(C)=CC(C)C(C)=O)OC)C(C)(C)C. The van der Waals surface area contributed by atoms with E-state index in [2.05, 4.69) is 81.9 Å². The van der Waals surface area contributed by atoms with Gasteiger partial charge in [0.25, 0.3) is 0 Å². The van der Waals surface area contributed by atoms with E-state index in [4.69, 9.17) is 4.74 Å². The van der Waals surface area contributed by atoms with Crippen LogP contribution in [0.25, 0.3) is 0 Å². The Bertz CT molecular complexity index is 811. The molecule has 4 heteroatoms. The maximum Gasteiger partial charge on any atom is 0.136 e. The summed E-state index contributed by atoms with van der Waals surface area (Å²) in [6.07, 6.45) is 10.4. The lowest BCUT2D eigenvalue weighted by molar-refractivity contribution is -0.119. The van der Waals surface area contributed by atoms with E-state index >= 15 is 0 Å². The van der Waals surface area contributed by atoms with Gasteiger partial charge in [0.05, 0.1) is 18.3 Å². The molecule has 12 atom stereocenters. The van der Waals surface area contributed by atoms with Gasteiger partial charge >= 0.3 is 0 Å². The first-order valence-corrected chi connectivity index (χ1v) is 17.6. The van der Waals surface area contributed by atoms with Crippen LogP contribution in [0.1, 0.15) is 135 Å². The highest BCUT2D eigenvalue weighted by atomic mass is 16.5. The summed E-state index contributed by atoms with van der Waals surface area (Å²) in [6, 6.07) is 0. The lowest BCUT2D eigenvalue weighted by atomic mass is 9.67. The van der Waals surface area contributed by atoms with Crippen LogP contribution in [0.4, 0.5) is 0 Å². The van der Waals surface area contributed by atoms with Crippen LogP contribution in [0, 0.1) is 58.7 Å². The minimum Gasteiger partial charge on any atom is -0.392 e. The topological polar surface area (TPSA) is 66.8 Å². The molecule has 0 radical (unpaired) electrons.